The van der Waals surface area contributed by atoms with Crippen LogP contribution in [0.5, 0.6) is 5.75 Å². The number of rotatable bonds is 10. The maximum atomic E-state index is 10.7. The average Bonchev–Trinajstić information content (AvgIpc) is 3.17. The number of hydrogen-bond acceptors (Lipinski definition) is 4. The summed E-state index contributed by atoms with van der Waals surface area (Å²) in [7, 11) is 1.68. The second kappa shape index (κ2) is 14.1. The summed E-state index contributed by atoms with van der Waals surface area (Å²) in [5.74, 6) is 0.656. The number of nitrogens with zero attached hydrogens (tertiary/aromatic N) is 2. The Kier molecular flexibility index (Phi) is 8.99. The molecule has 0 aliphatic heterocycles. The lowest BCUT2D eigenvalue weighted by Crippen LogP contribution is -2.16. The molecule has 234 valence electrons. The number of anilines is 6. The zero-order chi connectivity index (χ0) is 32.7. The van der Waals surface area contributed by atoms with E-state index in [0.29, 0.717) is 5.75 Å². The van der Waals surface area contributed by atoms with Crippen LogP contribution in [0.2, 0.25) is 0 Å². The van der Waals surface area contributed by atoms with Gasteiger partial charge in [0.05, 0.1) is 25.1 Å². The van der Waals surface area contributed by atoms with Crippen LogP contribution in [0, 0.1) is 0 Å². The van der Waals surface area contributed by atoms with Crippen molar-refractivity contribution in [1.29, 1.82) is 0 Å². The highest BCUT2D eigenvalue weighted by atomic mass is 16.5. The molecule has 0 fully saturated rings. The lowest BCUT2D eigenvalue weighted by molar-refractivity contribution is 0.281. The van der Waals surface area contributed by atoms with Gasteiger partial charge in [0.2, 0.25) is 0 Å². The Hall–Kier alpha value is -6.10. The van der Waals surface area contributed by atoms with Crippen LogP contribution in [0.15, 0.2) is 182 Å². The number of aliphatic hydroxyl groups is 1. The van der Waals surface area contributed by atoms with E-state index in [2.05, 4.69) is 137 Å². The van der Waals surface area contributed by atoms with Crippen molar-refractivity contribution in [2.75, 3.05) is 16.9 Å². The van der Waals surface area contributed by atoms with Gasteiger partial charge in [-0.15, -0.1) is 0 Å². The first-order chi connectivity index (χ1) is 23.7. The average molecular weight is 625 g/mol. The number of benzene rings is 7. The summed E-state index contributed by atoms with van der Waals surface area (Å²) < 4.78 is 6.07. The number of hydrogen-bond donors (Lipinski definition) is 1. The van der Waals surface area contributed by atoms with E-state index in [1.54, 1.807) is 7.11 Å². The SMILES string of the molecule is COc1cc(CO)c(N(c2ccccc2)c2ccccc2)cc1N(c1ccc(-c2ccccc2)cc1)c1ccc(-c2ccccc2)cc1. The fraction of sp³-hybridized carbons (Fsp3) is 0.0455. The lowest BCUT2D eigenvalue weighted by Gasteiger charge is -2.32. The van der Waals surface area contributed by atoms with Crippen molar-refractivity contribution in [3.8, 4) is 28.0 Å². The van der Waals surface area contributed by atoms with Crippen molar-refractivity contribution in [2.45, 2.75) is 6.61 Å². The monoisotopic (exact) mass is 624 g/mol. The highest BCUT2D eigenvalue weighted by Gasteiger charge is 2.24. The van der Waals surface area contributed by atoms with E-state index < -0.39 is 0 Å². The summed E-state index contributed by atoms with van der Waals surface area (Å²) in [6.45, 7) is -0.153. The van der Waals surface area contributed by atoms with Gasteiger partial charge >= 0.3 is 0 Å². The second-order valence-corrected chi connectivity index (χ2v) is 11.5. The molecular weight excluding hydrogens is 588 g/mol. The Morgan fingerprint density at radius 3 is 1.17 bits per heavy atom. The summed E-state index contributed by atoms with van der Waals surface area (Å²) in [5, 5.41) is 10.7. The van der Waals surface area contributed by atoms with E-state index in [4.69, 9.17) is 4.74 Å². The molecule has 0 spiro atoms. The molecule has 0 aromatic heterocycles. The minimum absolute atomic E-state index is 0.153. The van der Waals surface area contributed by atoms with Crippen LogP contribution in [-0.2, 0) is 6.61 Å². The molecule has 7 rings (SSSR count). The van der Waals surface area contributed by atoms with E-state index in [-0.39, 0.29) is 6.61 Å². The van der Waals surface area contributed by atoms with Crippen molar-refractivity contribution in [2.24, 2.45) is 0 Å². The smallest absolute Gasteiger partial charge is 0.143 e. The van der Waals surface area contributed by atoms with Gasteiger partial charge in [-0.1, -0.05) is 121 Å². The van der Waals surface area contributed by atoms with E-state index in [1.165, 1.54) is 0 Å². The Morgan fingerprint density at radius 1 is 0.417 bits per heavy atom. The number of aliphatic hydroxyl groups excluding tert-OH is 1. The first-order valence-electron chi connectivity index (χ1n) is 16.1. The zero-order valence-electron chi connectivity index (χ0n) is 26.8. The molecule has 0 saturated heterocycles. The first kappa shape index (κ1) is 30.5. The van der Waals surface area contributed by atoms with Crippen molar-refractivity contribution in [1.82, 2.24) is 0 Å². The third-order valence-corrected chi connectivity index (χ3v) is 8.53. The molecule has 0 atom stereocenters. The van der Waals surface area contributed by atoms with E-state index in [0.717, 1.165) is 61.9 Å². The Bertz CT molecular complexity index is 1940. The lowest BCUT2D eigenvalue weighted by atomic mass is 10.0. The second-order valence-electron chi connectivity index (χ2n) is 11.5. The molecule has 0 amide bonds. The van der Waals surface area contributed by atoms with Crippen LogP contribution >= 0.6 is 0 Å². The molecule has 0 aliphatic rings. The van der Waals surface area contributed by atoms with Gasteiger partial charge in [-0.3, -0.25) is 0 Å². The van der Waals surface area contributed by atoms with Gasteiger partial charge in [-0.05, 0) is 82.9 Å². The molecule has 0 heterocycles. The number of methoxy groups -OCH3 is 1. The molecule has 0 saturated carbocycles. The third-order valence-electron chi connectivity index (χ3n) is 8.53. The van der Waals surface area contributed by atoms with Gasteiger partial charge < -0.3 is 19.6 Å². The Morgan fingerprint density at radius 2 is 0.771 bits per heavy atom. The van der Waals surface area contributed by atoms with E-state index >= 15 is 0 Å². The molecule has 7 aromatic rings. The number of para-hydroxylation sites is 2. The van der Waals surface area contributed by atoms with Gasteiger partial charge in [0.1, 0.15) is 5.75 Å². The molecular formula is C44H36N2O2. The predicted octanol–water partition coefficient (Wildman–Crippen LogP) is 11.5. The van der Waals surface area contributed by atoms with Gasteiger partial charge in [-0.2, -0.15) is 0 Å². The Labute approximate surface area is 282 Å². The Balaban J connectivity index is 1.42. The van der Waals surface area contributed by atoms with Crippen molar-refractivity contribution < 1.29 is 9.84 Å². The first-order valence-corrected chi connectivity index (χ1v) is 16.1. The zero-order valence-corrected chi connectivity index (χ0v) is 26.8. The number of ether oxygens (including phenoxy) is 1. The van der Waals surface area contributed by atoms with Gasteiger partial charge in [0.25, 0.3) is 0 Å². The third kappa shape index (κ3) is 6.30. The summed E-state index contributed by atoms with van der Waals surface area (Å²) in [6, 6.07) is 62.6. The highest BCUT2D eigenvalue weighted by molar-refractivity contribution is 5.88. The van der Waals surface area contributed by atoms with Crippen molar-refractivity contribution in [3.63, 3.8) is 0 Å². The fourth-order valence-electron chi connectivity index (χ4n) is 6.15. The van der Waals surface area contributed by atoms with Gasteiger partial charge in [0, 0.05) is 28.3 Å². The summed E-state index contributed by atoms with van der Waals surface area (Å²) >= 11 is 0. The van der Waals surface area contributed by atoms with Crippen LogP contribution in [0.3, 0.4) is 0 Å². The molecule has 0 radical (unpaired) electrons. The van der Waals surface area contributed by atoms with Gasteiger partial charge in [-0.25, -0.2) is 0 Å². The van der Waals surface area contributed by atoms with Crippen LogP contribution in [0.25, 0.3) is 22.3 Å². The largest absolute Gasteiger partial charge is 0.495 e. The summed E-state index contributed by atoms with van der Waals surface area (Å²) in [6.07, 6.45) is 0. The molecule has 4 nitrogen and oxygen atoms in total. The van der Waals surface area contributed by atoms with Gasteiger partial charge in [0.15, 0.2) is 0 Å². The topological polar surface area (TPSA) is 35.9 Å². The van der Waals surface area contributed by atoms with E-state index in [1.807, 2.05) is 54.6 Å². The summed E-state index contributed by atoms with van der Waals surface area (Å²) in [5.41, 5.74) is 11.0. The molecule has 4 heteroatoms. The molecule has 7 aromatic carbocycles. The van der Waals surface area contributed by atoms with E-state index in [9.17, 15) is 5.11 Å². The minimum Gasteiger partial charge on any atom is -0.495 e. The molecule has 0 bridgehead atoms. The van der Waals surface area contributed by atoms with Crippen LogP contribution in [0.4, 0.5) is 34.1 Å². The summed E-state index contributed by atoms with van der Waals surface area (Å²) in [4.78, 5) is 4.41. The van der Waals surface area contributed by atoms with Crippen LogP contribution in [0.1, 0.15) is 5.56 Å². The minimum atomic E-state index is -0.153. The van der Waals surface area contributed by atoms with Crippen molar-refractivity contribution >= 4 is 34.1 Å². The van der Waals surface area contributed by atoms with Crippen LogP contribution in [-0.4, -0.2) is 12.2 Å². The molecule has 1 N–H and O–H groups in total. The highest BCUT2D eigenvalue weighted by Crippen LogP contribution is 2.47. The molecule has 0 aliphatic carbocycles. The predicted molar refractivity (Wildman–Crippen MR) is 199 cm³/mol. The van der Waals surface area contributed by atoms with Crippen LogP contribution < -0.4 is 14.5 Å². The normalized spacial score (nSPS) is 10.8. The molecule has 0 unspecified atom stereocenters. The standard InChI is InChI=1S/C44H36N2O2/c1-48-44-30-37(32-47)42(45(38-18-10-4-11-19-38)39-20-12-5-13-21-39)31-43(44)46(40-26-22-35(23-27-40)33-14-6-2-7-15-33)41-28-24-36(25-29-41)34-16-8-3-9-17-34/h2-31,47H,32H2,1H3. The maximum Gasteiger partial charge on any atom is 0.143 e. The van der Waals surface area contributed by atoms with Crippen molar-refractivity contribution in [3.05, 3.63) is 188 Å². The quantitative estimate of drug-likeness (QED) is 0.164. The molecule has 48 heavy (non-hydrogen) atoms. The fourth-order valence-corrected chi connectivity index (χ4v) is 6.15. The maximum absolute atomic E-state index is 10.7.